The molecule has 1 amide bonds. The Morgan fingerprint density at radius 3 is 2.70 bits per heavy atom. The quantitative estimate of drug-likeness (QED) is 0.598. The lowest BCUT2D eigenvalue weighted by Crippen LogP contribution is -2.45. The van der Waals surface area contributed by atoms with Crippen molar-refractivity contribution in [2.75, 3.05) is 19.6 Å². The van der Waals surface area contributed by atoms with E-state index in [4.69, 9.17) is 4.99 Å². The zero-order valence-electron chi connectivity index (χ0n) is 16.9. The molecule has 1 atom stereocenters. The Hall–Kier alpha value is -1.63. The molecule has 27 heavy (non-hydrogen) atoms. The first-order chi connectivity index (χ1) is 13.1. The molecule has 2 N–H and O–H groups in total. The third-order valence-electron chi connectivity index (χ3n) is 5.58. The van der Waals surface area contributed by atoms with Crippen LogP contribution in [0.1, 0.15) is 61.0 Å². The number of aromatic nitrogens is 1. The predicted molar refractivity (Wildman–Crippen MR) is 111 cm³/mol. The van der Waals surface area contributed by atoms with E-state index in [9.17, 15) is 4.79 Å². The van der Waals surface area contributed by atoms with Crippen LogP contribution in [0.25, 0.3) is 0 Å². The Labute approximate surface area is 166 Å². The van der Waals surface area contributed by atoms with Crippen LogP contribution in [0, 0.1) is 19.8 Å². The number of amides is 1. The zero-order chi connectivity index (χ0) is 19.2. The number of hydrogen-bond acceptors (Lipinski definition) is 4. The van der Waals surface area contributed by atoms with Gasteiger partial charge >= 0.3 is 0 Å². The summed E-state index contributed by atoms with van der Waals surface area (Å²) in [6, 6.07) is 0.273. The molecule has 2 aliphatic rings. The lowest BCUT2D eigenvalue weighted by molar-refractivity contribution is -0.135. The van der Waals surface area contributed by atoms with Crippen LogP contribution in [0.4, 0.5) is 0 Å². The van der Waals surface area contributed by atoms with Gasteiger partial charge < -0.3 is 15.5 Å². The molecule has 1 aromatic rings. The lowest BCUT2D eigenvalue weighted by atomic mass is 9.88. The molecular formula is C20H33N5OS. The Kier molecular flexibility index (Phi) is 7.10. The van der Waals surface area contributed by atoms with Crippen LogP contribution >= 0.6 is 11.3 Å². The summed E-state index contributed by atoms with van der Waals surface area (Å²) >= 11 is 1.71. The van der Waals surface area contributed by atoms with Crippen molar-refractivity contribution >= 4 is 23.2 Å². The Morgan fingerprint density at radius 2 is 2.04 bits per heavy atom. The number of hydrogen-bond donors (Lipinski definition) is 2. The molecule has 1 saturated carbocycles. The highest BCUT2D eigenvalue weighted by Gasteiger charge is 2.31. The van der Waals surface area contributed by atoms with E-state index in [1.165, 1.54) is 24.1 Å². The van der Waals surface area contributed by atoms with Gasteiger partial charge in [-0.3, -0.25) is 4.79 Å². The number of thiazole rings is 1. The maximum absolute atomic E-state index is 12.7. The average Bonchev–Trinajstić information content (AvgIpc) is 3.26. The second-order valence-electron chi connectivity index (χ2n) is 7.69. The molecule has 0 radical (unpaired) electrons. The van der Waals surface area contributed by atoms with Crippen molar-refractivity contribution in [1.82, 2.24) is 20.5 Å². The molecule has 1 aromatic heterocycles. The highest BCUT2D eigenvalue weighted by molar-refractivity contribution is 7.11. The van der Waals surface area contributed by atoms with Crippen LogP contribution in [0.3, 0.4) is 0 Å². The lowest BCUT2D eigenvalue weighted by Gasteiger charge is -2.26. The van der Waals surface area contributed by atoms with Gasteiger partial charge in [0.05, 0.1) is 12.2 Å². The number of nitrogens with one attached hydrogen (secondary N) is 2. The van der Waals surface area contributed by atoms with Crippen LogP contribution in [0.15, 0.2) is 4.99 Å². The SMILES string of the molecule is CCNC(=NCc1nc(C)c(C)s1)NC1CCN(C(=O)C2CCCCC2)C1. The van der Waals surface area contributed by atoms with Crippen molar-refractivity contribution in [2.45, 2.75) is 71.9 Å². The van der Waals surface area contributed by atoms with E-state index in [0.29, 0.717) is 12.5 Å². The topological polar surface area (TPSA) is 69.6 Å². The summed E-state index contributed by atoms with van der Waals surface area (Å²) in [5.41, 5.74) is 1.09. The maximum atomic E-state index is 12.7. The smallest absolute Gasteiger partial charge is 0.225 e. The molecule has 3 rings (SSSR count). The normalized spacial score (nSPS) is 21.5. The molecule has 6 nitrogen and oxygen atoms in total. The molecule has 2 heterocycles. The first-order valence-corrected chi connectivity index (χ1v) is 11.1. The Morgan fingerprint density at radius 1 is 1.26 bits per heavy atom. The van der Waals surface area contributed by atoms with Gasteiger partial charge in [0, 0.05) is 36.5 Å². The van der Waals surface area contributed by atoms with E-state index in [0.717, 1.165) is 55.6 Å². The summed E-state index contributed by atoms with van der Waals surface area (Å²) < 4.78 is 0. The van der Waals surface area contributed by atoms with Crippen LogP contribution in [0.5, 0.6) is 0 Å². The maximum Gasteiger partial charge on any atom is 0.225 e. The average molecular weight is 392 g/mol. The van der Waals surface area contributed by atoms with E-state index >= 15 is 0 Å². The van der Waals surface area contributed by atoms with Gasteiger partial charge in [-0.15, -0.1) is 11.3 Å². The second-order valence-corrected chi connectivity index (χ2v) is 8.98. The van der Waals surface area contributed by atoms with E-state index < -0.39 is 0 Å². The number of likely N-dealkylation sites (tertiary alicyclic amines) is 1. The standard InChI is InChI=1S/C20H33N5OS/c1-4-21-20(22-12-18-23-14(2)15(3)27-18)24-17-10-11-25(13-17)19(26)16-8-6-5-7-9-16/h16-17H,4-13H2,1-3H3,(H2,21,22,24). The summed E-state index contributed by atoms with van der Waals surface area (Å²) in [6.07, 6.45) is 6.83. The molecule has 1 aliphatic heterocycles. The van der Waals surface area contributed by atoms with Crippen molar-refractivity contribution in [2.24, 2.45) is 10.9 Å². The van der Waals surface area contributed by atoms with Crippen LogP contribution in [-0.4, -0.2) is 47.4 Å². The van der Waals surface area contributed by atoms with Crippen molar-refractivity contribution < 1.29 is 4.79 Å². The largest absolute Gasteiger partial charge is 0.357 e. The second kappa shape index (κ2) is 9.53. The van der Waals surface area contributed by atoms with Gasteiger partial charge in [0.15, 0.2) is 5.96 Å². The first-order valence-electron chi connectivity index (χ1n) is 10.3. The molecule has 1 saturated heterocycles. The van der Waals surface area contributed by atoms with Gasteiger partial charge in [0.25, 0.3) is 0 Å². The van der Waals surface area contributed by atoms with Gasteiger partial charge in [-0.1, -0.05) is 19.3 Å². The summed E-state index contributed by atoms with van der Waals surface area (Å²) in [4.78, 5) is 25.3. The van der Waals surface area contributed by atoms with Gasteiger partial charge in [-0.2, -0.15) is 0 Å². The van der Waals surface area contributed by atoms with E-state index in [1.54, 1.807) is 11.3 Å². The highest BCUT2D eigenvalue weighted by atomic mass is 32.1. The van der Waals surface area contributed by atoms with E-state index in [2.05, 4.69) is 34.4 Å². The van der Waals surface area contributed by atoms with Crippen LogP contribution in [-0.2, 0) is 11.3 Å². The van der Waals surface area contributed by atoms with E-state index in [-0.39, 0.29) is 12.0 Å². The zero-order valence-corrected chi connectivity index (χ0v) is 17.7. The third-order valence-corrected chi connectivity index (χ3v) is 6.64. The molecule has 0 spiro atoms. The van der Waals surface area contributed by atoms with Crippen LogP contribution in [0.2, 0.25) is 0 Å². The Balaban J connectivity index is 1.53. The van der Waals surface area contributed by atoms with Gasteiger partial charge in [0.1, 0.15) is 5.01 Å². The Bertz CT molecular complexity index is 646. The predicted octanol–water partition coefficient (Wildman–Crippen LogP) is 3.00. The summed E-state index contributed by atoms with van der Waals surface area (Å²) in [7, 11) is 0. The third kappa shape index (κ3) is 5.43. The molecule has 1 aliphatic carbocycles. The minimum atomic E-state index is 0.260. The molecule has 1 unspecified atom stereocenters. The fourth-order valence-electron chi connectivity index (χ4n) is 3.95. The number of guanidine groups is 1. The summed E-state index contributed by atoms with van der Waals surface area (Å²) in [5, 5.41) is 7.88. The number of aryl methyl sites for hydroxylation is 2. The minimum absolute atomic E-state index is 0.260. The molecule has 7 heteroatoms. The van der Waals surface area contributed by atoms with Crippen molar-refractivity contribution in [3.63, 3.8) is 0 Å². The van der Waals surface area contributed by atoms with Crippen LogP contribution < -0.4 is 10.6 Å². The van der Waals surface area contributed by atoms with E-state index in [1.807, 2.05) is 6.92 Å². The number of rotatable bonds is 5. The monoisotopic (exact) mass is 391 g/mol. The van der Waals surface area contributed by atoms with Crippen molar-refractivity contribution in [3.05, 3.63) is 15.6 Å². The molecule has 0 bridgehead atoms. The molecule has 2 fully saturated rings. The first kappa shape index (κ1) is 20.1. The molecule has 0 aromatic carbocycles. The number of carbonyl (C=O) groups excluding carboxylic acids is 1. The summed E-state index contributed by atoms with van der Waals surface area (Å²) in [6.45, 7) is 9.26. The fourth-order valence-corrected chi connectivity index (χ4v) is 4.81. The summed E-state index contributed by atoms with van der Waals surface area (Å²) in [5.74, 6) is 1.45. The van der Waals surface area contributed by atoms with Gasteiger partial charge in [-0.25, -0.2) is 9.98 Å². The van der Waals surface area contributed by atoms with Crippen molar-refractivity contribution in [1.29, 1.82) is 0 Å². The van der Waals surface area contributed by atoms with Crippen molar-refractivity contribution in [3.8, 4) is 0 Å². The number of nitrogens with zero attached hydrogens (tertiary/aromatic N) is 3. The number of aliphatic imine (C=N–C) groups is 1. The van der Waals surface area contributed by atoms with Gasteiger partial charge in [0.2, 0.25) is 5.91 Å². The fraction of sp³-hybridized carbons (Fsp3) is 0.750. The molecular weight excluding hydrogens is 358 g/mol. The number of carbonyl (C=O) groups is 1. The minimum Gasteiger partial charge on any atom is -0.357 e. The molecule has 150 valence electrons. The van der Waals surface area contributed by atoms with Gasteiger partial charge in [-0.05, 0) is 40.0 Å². The highest BCUT2D eigenvalue weighted by Crippen LogP contribution is 2.26.